The molecule has 0 fully saturated rings. The Morgan fingerprint density at radius 1 is 1.81 bits per heavy atom. The summed E-state index contributed by atoms with van der Waals surface area (Å²) in [6, 6.07) is 3.34. The van der Waals surface area contributed by atoms with Crippen molar-refractivity contribution in [1.29, 1.82) is 5.26 Å². The molecule has 2 N–H and O–H groups in total. The molecule has 0 aromatic carbocycles. The van der Waals surface area contributed by atoms with Crippen molar-refractivity contribution in [2.45, 2.75) is 13.0 Å². The summed E-state index contributed by atoms with van der Waals surface area (Å²) in [5.41, 5.74) is 0.637. The predicted octanol–water partition coefficient (Wildman–Crippen LogP) is 1.18. The minimum atomic E-state index is -0.868. The molecular weight excluding hydrogens is 230 g/mol. The number of anilines is 1. The summed E-state index contributed by atoms with van der Waals surface area (Å²) in [7, 11) is 0. The van der Waals surface area contributed by atoms with E-state index < -0.39 is 6.10 Å². The van der Waals surface area contributed by atoms with Gasteiger partial charge in [-0.05, 0) is 6.07 Å². The maximum atomic E-state index is 10.8. The number of aliphatic hydroxyl groups excluding tert-OH is 1. The first-order valence-electron chi connectivity index (χ1n) is 4.50. The largest absolute Gasteiger partial charge is 0.387 e. The molecule has 0 aliphatic carbocycles. The molecule has 0 bridgehead atoms. The fraction of sp³-hybridized carbons (Fsp3) is 0.300. The van der Waals surface area contributed by atoms with Crippen LogP contribution in [-0.2, 0) is 4.79 Å². The molecule has 84 valence electrons. The Labute approximate surface area is 97.7 Å². The second-order valence-corrected chi connectivity index (χ2v) is 3.44. The normalized spacial score (nSPS) is 11.6. The van der Waals surface area contributed by atoms with Gasteiger partial charge in [-0.25, -0.2) is 4.98 Å². The van der Waals surface area contributed by atoms with Crippen LogP contribution in [0.25, 0.3) is 0 Å². The molecule has 0 saturated heterocycles. The summed E-state index contributed by atoms with van der Waals surface area (Å²) in [5.74, 6) is -0.110. The molecule has 6 heteroatoms. The molecular formula is C10H10ClN3O2. The number of hydrogen-bond acceptors (Lipinski definition) is 4. The molecule has 1 atom stereocenters. The first kappa shape index (κ1) is 12.4. The van der Waals surface area contributed by atoms with Gasteiger partial charge in [0.15, 0.2) is 0 Å². The zero-order valence-corrected chi connectivity index (χ0v) is 9.32. The van der Waals surface area contributed by atoms with Crippen molar-refractivity contribution >= 4 is 23.3 Å². The lowest BCUT2D eigenvalue weighted by Gasteiger charge is -2.09. The second kappa shape index (κ2) is 5.45. The molecule has 1 aromatic heterocycles. The molecule has 0 saturated carbocycles. The number of amides is 1. The minimum Gasteiger partial charge on any atom is -0.387 e. The highest BCUT2D eigenvalue weighted by Crippen LogP contribution is 2.19. The van der Waals surface area contributed by atoms with Gasteiger partial charge in [0.05, 0.1) is 17.5 Å². The molecule has 1 rings (SSSR count). The lowest BCUT2D eigenvalue weighted by Crippen LogP contribution is -2.10. The van der Waals surface area contributed by atoms with Crippen LogP contribution in [0.1, 0.15) is 24.2 Å². The molecule has 0 spiro atoms. The summed E-state index contributed by atoms with van der Waals surface area (Å²) in [6.07, 6.45) is 0.506. The highest BCUT2D eigenvalue weighted by Gasteiger charge is 2.11. The van der Waals surface area contributed by atoms with Gasteiger partial charge in [-0.2, -0.15) is 5.26 Å². The molecule has 0 aliphatic rings. The minimum absolute atomic E-state index is 0.0199. The second-order valence-electron chi connectivity index (χ2n) is 3.13. The third kappa shape index (κ3) is 2.92. The van der Waals surface area contributed by atoms with Crippen LogP contribution < -0.4 is 5.32 Å². The van der Waals surface area contributed by atoms with Crippen molar-refractivity contribution < 1.29 is 9.90 Å². The lowest BCUT2D eigenvalue weighted by atomic mass is 10.1. The number of pyridine rings is 1. The Morgan fingerprint density at radius 2 is 2.50 bits per heavy atom. The zero-order chi connectivity index (χ0) is 12.1. The predicted molar refractivity (Wildman–Crippen MR) is 58.9 cm³/mol. The molecule has 1 unspecified atom stereocenters. The van der Waals surface area contributed by atoms with Crippen LogP contribution in [0, 0.1) is 11.3 Å². The van der Waals surface area contributed by atoms with Crippen LogP contribution in [0.2, 0.25) is 0 Å². The van der Waals surface area contributed by atoms with Gasteiger partial charge in [-0.1, -0.05) is 0 Å². The average molecular weight is 240 g/mol. The van der Waals surface area contributed by atoms with E-state index in [1.807, 2.05) is 6.07 Å². The quantitative estimate of drug-likeness (QED) is 0.776. The third-order valence-corrected chi connectivity index (χ3v) is 2.15. The Morgan fingerprint density at radius 3 is 3.00 bits per heavy atom. The number of halogens is 1. The van der Waals surface area contributed by atoms with Gasteiger partial charge in [0.1, 0.15) is 11.9 Å². The highest BCUT2D eigenvalue weighted by molar-refractivity contribution is 6.18. The van der Waals surface area contributed by atoms with Gasteiger partial charge in [0.25, 0.3) is 0 Å². The first-order chi connectivity index (χ1) is 7.58. The first-order valence-corrected chi connectivity index (χ1v) is 5.03. The molecule has 1 heterocycles. The number of nitriles is 1. The van der Waals surface area contributed by atoms with Gasteiger partial charge in [0, 0.05) is 18.7 Å². The number of rotatable bonds is 3. The molecule has 16 heavy (non-hydrogen) atoms. The number of hydrogen-bond donors (Lipinski definition) is 2. The molecule has 1 aromatic rings. The summed E-state index contributed by atoms with van der Waals surface area (Å²) >= 11 is 5.48. The van der Waals surface area contributed by atoms with Gasteiger partial charge in [-0.3, -0.25) is 4.79 Å². The van der Waals surface area contributed by atoms with Crippen molar-refractivity contribution in [3.05, 3.63) is 23.4 Å². The van der Waals surface area contributed by atoms with E-state index in [0.717, 1.165) is 0 Å². The Balaban J connectivity index is 3.07. The van der Waals surface area contributed by atoms with Crippen molar-refractivity contribution in [3.8, 4) is 6.07 Å². The van der Waals surface area contributed by atoms with E-state index in [9.17, 15) is 9.90 Å². The van der Waals surface area contributed by atoms with Crippen molar-refractivity contribution in [2.24, 2.45) is 0 Å². The van der Waals surface area contributed by atoms with Gasteiger partial charge >= 0.3 is 0 Å². The van der Waals surface area contributed by atoms with E-state index in [1.54, 1.807) is 0 Å². The number of nitrogens with zero attached hydrogens (tertiary/aromatic N) is 2. The molecule has 5 nitrogen and oxygen atoms in total. The van der Waals surface area contributed by atoms with Crippen molar-refractivity contribution in [2.75, 3.05) is 11.2 Å². The monoisotopic (exact) mass is 239 g/mol. The maximum absolute atomic E-state index is 10.8. The number of aromatic nitrogens is 1. The molecule has 1 amide bonds. The Hall–Kier alpha value is -1.64. The van der Waals surface area contributed by atoms with E-state index >= 15 is 0 Å². The highest BCUT2D eigenvalue weighted by atomic mass is 35.5. The van der Waals surface area contributed by atoms with Crippen LogP contribution in [0.5, 0.6) is 0 Å². The van der Waals surface area contributed by atoms with Crippen LogP contribution >= 0.6 is 11.6 Å². The lowest BCUT2D eigenvalue weighted by molar-refractivity contribution is -0.114. The van der Waals surface area contributed by atoms with Gasteiger partial charge < -0.3 is 10.4 Å². The van der Waals surface area contributed by atoms with Crippen LogP contribution in [0.3, 0.4) is 0 Å². The number of nitrogens with one attached hydrogen (secondary N) is 1. The summed E-state index contributed by atoms with van der Waals surface area (Å²) in [6.45, 7) is 1.32. The van der Waals surface area contributed by atoms with E-state index in [0.29, 0.717) is 5.56 Å². The average Bonchev–Trinajstić information content (AvgIpc) is 2.27. The summed E-state index contributed by atoms with van der Waals surface area (Å²) in [5, 5.41) is 20.7. The summed E-state index contributed by atoms with van der Waals surface area (Å²) in [4.78, 5) is 14.7. The van der Waals surface area contributed by atoms with E-state index in [-0.39, 0.29) is 23.2 Å². The number of aliphatic hydroxyl groups is 1. The van der Waals surface area contributed by atoms with Crippen LogP contribution in [0.15, 0.2) is 12.3 Å². The smallest absolute Gasteiger partial charge is 0.222 e. The van der Waals surface area contributed by atoms with Gasteiger partial charge in [0.2, 0.25) is 5.91 Å². The SMILES string of the molecule is CC(=O)Nc1ncc(C(O)CCl)cc1C#N. The van der Waals surface area contributed by atoms with Crippen LogP contribution in [0.4, 0.5) is 5.82 Å². The molecule has 0 aliphatic heterocycles. The van der Waals surface area contributed by atoms with E-state index in [4.69, 9.17) is 16.9 Å². The maximum Gasteiger partial charge on any atom is 0.222 e. The fourth-order valence-corrected chi connectivity index (χ4v) is 1.28. The number of carbonyl (C=O) groups is 1. The zero-order valence-electron chi connectivity index (χ0n) is 8.57. The van der Waals surface area contributed by atoms with E-state index in [2.05, 4.69) is 10.3 Å². The van der Waals surface area contributed by atoms with Gasteiger partial charge in [-0.15, -0.1) is 11.6 Å². The topological polar surface area (TPSA) is 86.0 Å². The molecule has 0 radical (unpaired) electrons. The Bertz CT molecular complexity index is 442. The van der Waals surface area contributed by atoms with Crippen LogP contribution in [-0.4, -0.2) is 21.9 Å². The number of alkyl halides is 1. The number of carbonyl (C=O) groups excluding carboxylic acids is 1. The Kier molecular flexibility index (Phi) is 4.23. The third-order valence-electron chi connectivity index (χ3n) is 1.85. The fourth-order valence-electron chi connectivity index (χ4n) is 1.10. The van der Waals surface area contributed by atoms with E-state index in [1.165, 1.54) is 19.2 Å². The van der Waals surface area contributed by atoms with Crippen molar-refractivity contribution in [1.82, 2.24) is 4.98 Å². The van der Waals surface area contributed by atoms with Crippen molar-refractivity contribution in [3.63, 3.8) is 0 Å². The standard InChI is InChI=1S/C10H10ClN3O2/c1-6(15)14-10-7(4-12)2-8(5-13-10)9(16)3-11/h2,5,9,16H,3H2,1H3,(H,13,14,15). The summed E-state index contributed by atoms with van der Waals surface area (Å²) < 4.78 is 0.